The predicted molar refractivity (Wildman–Crippen MR) is 127 cm³/mol. The second kappa shape index (κ2) is 8.54. The number of nitrogens with zero attached hydrogens (tertiary/aromatic N) is 3. The van der Waals surface area contributed by atoms with Crippen LogP contribution in [0.2, 0.25) is 0 Å². The van der Waals surface area contributed by atoms with Gasteiger partial charge in [0.15, 0.2) is 11.3 Å². The van der Waals surface area contributed by atoms with E-state index in [9.17, 15) is 4.79 Å². The van der Waals surface area contributed by atoms with Gasteiger partial charge in [0.2, 0.25) is 0 Å². The molecule has 0 saturated carbocycles. The Bertz CT molecular complexity index is 1120. The molecule has 0 radical (unpaired) electrons. The normalized spacial score (nSPS) is 17.0. The summed E-state index contributed by atoms with van der Waals surface area (Å²) in [5.41, 5.74) is 3.65. The number of carbonyl (C=O) groups excluding carboxylic acids is 1. The summed E-state index contributed by atoms with van der Waals surface area (Å²) in [7, 11) is 5.64. The summed E-state index contributed by atoms with van der Waals surface area (Å²) in [6.45, 7) is 6.02. The average Bonchev–Trinajstić information content (AvgIpc) is 3.13. The van der Waals surface area contributed by atoms with Gasteiger partial charge in [-0.05, 0) is 44.2 Å². The maximum absolute atomic E-state index is 12.9. The minimum atomic E-state index is -1.14. The number of anilines is 2. The minimum absolute atomic E-state index is 0.332. The first-order valence-electron chi connectivity index (χ1n) is 10.9. The molecule has 0 bridgehead atoms. The molecule has 2 aromatic carbocycles. The van der Waals surface area contributed by atoms with Gasteiger partial charge in [0.1, 0.15) is 5.75 Å². The number of rotatable bonds is 7. The van der Waals surface area contributed by atoms with Crippen molar-refractivity contribution in [1.29, 1.82) is 0 Å². The van der Waals surface area contributed by atoms with Crippen molar-refractivity contribution in [3.8, 4) is 5.75 Å². The van der Waals surface area contributed by atoms with E-state index in [4.69, 9.17) is 9.47 Å². The van der Waals surface area contributed by atoms with Crippen LogP contribution in [0, 0.1) is 0 Å². The lowest BCUT2D eigenvalue weighted by molar-refractivity contribution is 0.0242. The summed E-state index contributed by atoms with van der Waals surface area (Å²) in [6.07, 6.45) is 1.62. The summed E-state index contributed by atoms with van der Waals surface area (Å²) in [6, 6.07) is 17.9. The molecule has 0 spiro atoms. The molecule has 1 aromatic heterocycles. The van der Waals surface area contributed by atoms with Crippen LogP contribution in [0.3, 0.4) is 0 Å². The number of fused-ring (bicyclic) bond motifs is 1. The number of ether oxygens (including phenoxy) is 2. The van der Waals surface area contributed by atoms with E-state index in [-0.39, 0.29) is 0 Å². The van der Waals surface area contributed by atoms with Crippen molar-refractivity contribution in [3.63, 3.8) is 0 Å². The monoisotopic (exact) mass is 431 g/mol. The fraction of sp³-hybridized carbons (Fsp3) is 0.308. The van der Waals surface area contributed by atoms with E-state index in [1.807, 2.05) is 67.5 Å². The van der Waals surface area contributed by atoms with Gasteiger partial charge < -0.3 is 19.3 Å². The molecule has 2 heterocycles. The van der Waals surface area contributed by atoms with Gasteiger partial charge in [0, 0.05) is 67.5 Å². The Balaban J connectivity index is 1.97. The fourth-order valence-corrected chi connectivity index (χ4v) is 4.41. The molecule has 32 heavy (non-hydrogen) atoms. The Morgan fingerprint density at radius 2 is 1.66 bits per heavy atom. The van der Waals surface area contributed by atoms with Crippen molar-refractivity contribution in [3.05, 3.63) is 83.2 Å². The number of pyridine rings is 1. The molecule has 0 aliphatic carbocycles. The van der Waals surface area contributed by atoms with E-state index in [1.54, 1.807) is 13.3 Å². The first-order valence-corrected chi connectivity index (χ1v) is 10.9. The molecular weight excluding hydrogens is 402 g/mol. The largest absolute Gasteiger partial charge is 0.496 e. The third-order valence-electron chi connectivity index (χ3n) is 6.11. The first kappa shape index (κ1) is 21.7. The van der Waals surface area contributed by atoms with Crippen molar-refractivity contribution >= 4 is 17.3 Å². The number of cyclic esters (lactones) is 1. The van der Waals surface area contributed by atoms with Crippen LogP contribution >= 0.6 is 0 Å². The Labute approximate surface area is 189 Å². The van der Waals surface area contributed by atoms with E-state index in [2.05, 4.69) is 29.8 Å². The van der Waals surface area contributed by atoms with Crippen molar-refractivity contribution < 1.29 is 14.3 Å². The molecule has 166 valence electrons. The summed E-state index contributed by atoms with van der Waals surface area (Å²) < 4.78 is 12.0. The highest BCUT2D eigenvalue weighted by molar-refractivity contribution is 5.94. The molecule has 1 atom stereocenters. The van der Waals surface area contributed by atoms with Crippen LogP contribution in [0.15, 0.2) is 60.8 Å². The lowest BCUT2D eigenvalue weighted by Crippen LogP contribution is -2.30. The number of hydrogen-bond donors (Lipinski definition) is 0. The van der Waals surface area contributed by atoms with Gasteiger partial charge in [-0.2, -0.15) is 0 Å². The highest BCUT2D eigenvalue weighted by atomic mass is 16.6. The fourth-order valence-electron chi connectivity index (χ4n) is 4.41. The Hall–Kier alpha value is -3.54. The molecule has 0 fully saturated rings. The molecule has 0 N–H and O–H groups in total. The summed E-state index contributed by atoms with van der Waals surface area (Å²) in [5.74, 6) is 0.225. The van der Waals surface area contributed by atoms with Gasteiger partial charge in [0.25, 0.3) is 0 Å². The van der Waals surface area contributed by atoms with Gasteiger partial charge in [-0.25, -0.2) is 9.78 Å². The predicted octanol–water partition coefficient (Wildman–Crippen LogP) is 4.46. The van der Waals surface area contributed by atoms with Crippen molar-refractivity contribution in [1.82, 2.24) is 4.98 Å². The number of aromatic nitrogens is 1. The van der Waals surface area contributed by atoms with Gasteiger partial charge in [0.05, 0.1) is 7.11 Å². The van der Waals surface area contributed by atoms with Gasteiger partial charge >= 0.3 is 5.97 Å². The molecule has 3 aromatic rings. The quantitative estimate of drug-likeness (QED) is 0.515. The lowest BCUT2D eigenvalue weighted by Gasteiger charge is -2.32. The van der Waals surface area contributed by atoms with Crippen molar-refractivity contribution in [2.75, 3.05) is 44.1 Å². The van der Waals surface area contributed by atoms with Crippen LogP contribution < -0.4 is 14.5 Å². The van der Waals surface area contributed by atoms with Gasteiger partial charge in [-0.1, -0.05) is 18.2 Å². The van der Waals surface area contributed by atoms with Gasteiger partial charge in [-0.15, -0.1) is 0 Å². The Kier molecular flexibility index (Phi) is 5.78. The number of esters is 1. The van der Waals surface area contributed by atoms with Gasteiger partial charge in [-0.3, -0.25) is 0 Å². The number of methoxy groups -OCH3 is 1. The average molecular weight is 432 g/mol. The van der Waals surface area contributed by atoms with E-state index in [0.29, 0.717) is 11.4 Å². The topological polar surface area (TPSA) is 54.9 Å². The number of carbonyl (C=O) groups is 1. The molecule has 1 aliphatic heterocycles. The molecule has 4 rings (SSSR count). The molecule has 6 nitrogen and oxygen atoms in total. The lowest BCUT2D eigenvalue weighted by atomic mass is 9.80. The Morgan fingerprint density at radius 1 is 0.969 bits per heavy atom. The van der Waals surface area contributed by atoms with Crippen molar-refractivity contribution in [2.45, 2.75) is 19.4 Å². The first-order chi connectivity index (χ1) is 15.5. The van der Waals surface area contributed by atoms with Crippen LogP contribution in [0.25, 0.3) is 0 Å². The molecule has 6 heteroatoms. The molecule has 0 amide bonds. The maximum Gasteiger partial charge on any atom is 0.358 e. The van der Waals surface area contributed by atoms with Crippen molar-refractivity contribution in [2.24, 2.45) is 0 Å². The van der Waals surface area contributed by atoms with Crippen LogP contribution in [-0.2, 0) is 10.3 Å². The third kappa shape index (κ3) is 3.36. The van der Waals surface area contributed by atoms with E-state index in [0.717, 1.165) is 41.2 Å². The molecular formula is C26H29N3O3. The van der Waals surface area contributed by atoms with E-state index >= 15 is 0 Å². The second-order valence-electron chi connectivity index (χ2n) is 7.97. The van der Waals surface area contributed by atoms with E-state index in [1.165, 1.54) is 0 Å². The van der Waals surface area contributed by atoms with Crippen LogP contribution in [0.1, 0.15) is 41.0 Å². The maximum atomic E-state index is 12.9. The molecule has 0 saturated heterocycles. The number of hydrogen-bond acceptors (Lipinski definition) is 6. The summed E-state index contributed by atoms with van der Waals surface area (Å²) in [4.78, 5) is 21.5. The van der Waals surface area contributed by atoms with Crippen LogP contribution in [-0.4, -0.2) is 45.2 Å². The van der Waals surface area contributed by atoms with Crippen LogP contribution in [0.5, 0.6) is 5.75 Å². The minimum Gasteiger partial charge on any atom is -0.496 e. The zero-order valence-electron chi connectivity index (χ0n) is 19.3. The summed E-state index contributed by atoms with van der Waals surface area (Å²) in [5, 5.41) is 0. The van der Waals surface area contributed by atoms with Crippen LogP contribution in [0.4, 0.5) is 11.4 Å². The number of benzene rings is 2. The highest BCUT2D eigenvalue weighted by Crippen LogP contribution is 2.50. The third-order valence-corrected chi connectivity index (χ3v) is 6.11. The zero-order valence-corrected chi connectivity index (χ0v) is 19.3. The standard InChI is InChI=1S/C26H29N3O3/c1-6-29(7-2)20-14-15-21(23(17-20)31-5)26(18-10-12-19(13-11-18)28(3)4)22-9-8-16-27-24(22)25(30)32-26/h8-17H,6-7H2,1-5H3. The van der Waals surface area contributed by atoms with E-state index < -0.39 is 11.6 Å². The summed E-state index contributed by atoms with van der Waals surface area (Å²) >= 11 is 0. The SMILES string of the molecule is CCN(CC)c1ccc(C2(c3ccc(N(C)C)cc3)OC(=O)c3ncccc32)c(OC)c1. The zero-order chi connectivity index (χ0) is 22.9. The smallest absolute Gasteiger partial charge is 0.358 e. The molecule has 1 unspecified atom stereocenters. The molecule has 1 aliphatic rings. The Morgan fingerprint density at radius 3 is 2.28 bits per heavy atom. The highest BCUT2D eigenvalue weighted by Gasteiger charge is 2.51. The second-order valence-corrected chi connectivity index (χ2v) is 7.97.